The van der Waals surface area contributed by atoms with Crippen LogP contribution in [0.5, 0.6) is 0 Å². The van der Waals surface area contributed by atoms with E-state index in [1.165, 1.54) is 4.57 Å². The molecule has 0 bridgehead atoms. The number of hydrogen-bond acceptors (Lipinski definition) is 2. The van der Waals surface area contributed by atoms with E-state index in [2.05, 4.69) is 4.98 Å². The second-order valence-corrected chi connectivity index (χ2v) is 7.30. The third-order valence-electron chi connectivity index (χ3n) is 5.01. The molecule has 0 saturated carbocycles. The monoisotopic (exact) mass is 418 g/mol. The highest BCUT2D eigenvalue weighted by Crippen LogP contribution is 2.32. The second-order valence-electron chi connectivity index (χ2n) is 6.86. The quantitative estimate of drug-likeness (QED) is 0.329. The van der Waals surface area contributed by atoms with Crippen LogP contribution in [-0.4, -0.2) is 15.5 Å². The van der Waals surface area contributed by atoms with Crippen molar-refractivity contribution >= 4 is 39.3 Å². The number of rotatable bonds is 2. The van der Waals surface area contributed by atoms with E-state index in [0.29, 0.717) is 27.9 Å². The van der Waals surface area contributed by atoms with Gasteiger partial charge in [-0.1, -0.05) is 54.1 Å². The summed E-state index contributed by atoms with van der Waals surface area (Å²) in [5, 5.41) is 2.29. The van der Waals surface area contributed by atoms with E-state index in [1.807, 2.05) is 42.5 Å². The van der Waals surface area contributed by atoms with Crippen LogP contribution in [0.2, 0.25) is 5.02 Å². The van der Waals surface area contributed by atoms with E-state index >= 15 is 0 Å². The van der Waals surface area contributed by atoms with Crippen LogP contribution < -0.4 is 0 Å². The van der Waals surface area contributed by atoms with E-state index in [1.54, 1.807) is 18.2 Å². The largest absolute Gasteiger partial charge is 0.268 e. The minimum Gasteiger partial charge on any atom is -0.268 e. The maximum atomic E-state index is 14.4. The SMILES string of the molecule is O=C(c1ccc(F)cc1F)n1c(-c2cccc3ccccc23)nc2ccc(Cl)cc21. The zero-order valence-electron chi connectivity index (χ0n) is 15.4. The fourth-order valence-corrected chi connectivity index (χ4v) is 3.80. The molecule has 0 unspecified atom stereocenters. The lowest BCUT2D eigenvalue weighted by molar-refractivity contribution is 0.0962. The summed E-state index contributed by atoms with van der Waals surface area (Å²) in [4.78, 5) is 18.1. The van der Waals surface area contributed by atoms with Gasteiger partial charge in [0.15, 0.2) is 0 Å². The van der Waals surface area contributed by atoms with Crippen molar-refractivity contribution in [2.75, 3.05) is 0 Å². The van der Waals surface area contributed by atoms with Gasteiger partial charge in [-0.2, -0.15) is 0 Å². The first-order chi connectivity index (χ1) is 14.5. The van der Waals surface area contributed by atoms with Crippen LogP contribution in [-0.2, 0) is 0 Å². The Kier molecular flexibility index (Phi) is 4.33. The highest BCUT2D eigenvalue weighted by molar-refractivity contribution is 6.31. The van der Waals surface area contributed by atoms with Crippen molar-refractivity contribution in [3.63, 3.8) is 0 Å². The summed E-state index contributed by atoms with van der Waals surface area (Å²) >= 11 is 6.17. The van der Waals surface area contributed by atoms with E-state index in [-0.39, 0.29) is 5.56 Å². The van der Waals surface area contributed by atoms with Crippen molar-refractivity contribution in [1.29, 1.82) is 0 Å². The van der Waals surface area contributed by atoms with Crippen molar-refractivity contribution < 1.29 is 13.6 Å². The lowest BCUT2D eigenvalue weighted by Crippen LogP contribution is -2.15. The predicted molar refractivity (Wildman–Crippen MR) is 114 cm³/mol. The molecule has 5 aromatic rings. The molecule has 0 radical (unpaired) electrons. The van der Waals surface area contributed by atoms with Crippen molar-refractivity contribution in [1.82, 2.24) is 9.55 Å². The van der Waals surface area contributed by atoms with Crippen LogP contribution >= 0.6 is 11.6 Å². The van der Waals surface area contributed by atoms with Gasteiger partial charge < -0.3 is 0 Å². The van der Waals surface area contributed by atoms with Gasteiger partial charge in [-0.15, -0.1) is 0 Å². The molecule has 3 nitrogen and oxygen atoms in total. The molecule has 0 aliphatic rings. The summed E-state index contributed by atoms with van der Waals surface area (Å²) in [5.74, 6) is -1.98. The lowest BCUT2D eigenvalue weighted by atomic mass is 10.0. The van der Waals surface area contributed by atoms with Crippen LogP contribution in [0.3, 0.4) is 0 Å². The molecule has 6 heteroatoms. The van der Waals surface area contributed by atoms with Gasteiger partial charge in [-0.05, 0) is 41.1 Å². The molecule has 0 saturated heterocycles. The first kappa shape index (κ1) is 18.5. The van der Waals surface area contributed by atoms with E-state index < -0.39 is 17.5 Å². The fraction of sp³-hybridized carbons (Fsp3) is 0. The maximum absolute atomic E-state index is 14.4. The highest BCUT2D eigenvalue weighted by Gasteiger charge is 2.23. The Balaban J connectivity index is 1.84. The third kappa shape index (κ3) is 2.95. The lowest BCUT2D eigenvalue weighted by Gasteiger charge is -2.11. The summed E-state index contributed by atoms with van der Waals surface area (Å²) in [6, 6.07) is 21.3. The topological polar surface area (TPSA) is 34.9 Å². The molecule has 0 atom stereocenters. The molecule has 4 aromatic carbocycles. The van der Waals surface area contributed by atoms with Crippen LogP contribution in [0.25, 0.3) is 33.2 Å². The Hall–Kier alpha value is -3.57. The number of hydrogen-bond donors (Lipinski definition) is 0. The Labute approximate surface area is 175 Å². The van der Waals surface area contributed by atoms with Crippen molar-refractivity contribution in [3.8, 4) is 11.4 Å². The van der Waals surface area contributed by atoms with Gasteiger partial charge in [-0.3, -0.25) is 9.36 Å². The fourth-order valence-electron chi connectivity index (χ4n) is 3.64. The minimum atomic E-state index is -0.937. The molecular weight excluding hydrogens is 406 g/mol. The Morgan fingerprint density at radius 1 is 0.900 bits per heavy atom. The zero-order chi connectivity index (χ0) is 20.8. The molecule has 0 spiro atoms. The van der Waals surface area contributed by atoms with Crippen molar-refractivity contribution in [3.05, 3.63) is 101 Å². The van der Waals surface area contributed by atoms with Gasteiger partial charge >= 0.3 is 0 Å². The second kappa shape index (κ2) is 7.04. The van der Waals surface area contributed by atoms with E-state index in [0.717, 1.165) is 28.5 Å². The molecular formula is C24H13ClF2N2O. The number of aromatic nitrogens is 2. The molecule has 5 rings (SSSR count). The minimum absolute atomic E-state index is 0.253. The average Bonchev–Trinajstić information content (AvgIpc) is 3.11. The third-order valence-corrected chi connectivity index (χ3v) is 5.25. The van der Waals surface area contributed by atoms with Gasteiger partial charge in [0.2, 0.25) is 0 Å². The molecule has 30 heavy (non-hydrogen) atoms. The van der Waals surface area contributed by atoms with Gasteiger partial charge in [0.1, 0.15) is 17.5 Å². The van der Waals surface area contributed by atoms with Crippen LogP contribution in [0.4, 0.5) is 8.78 Å². The predicted octanol–water partition coefficient (Wildman–Crippen LogP) is 6.48. The molecule has 1 aromatic heterocycles. The normalized spacial score (nSPS) is 11.3. The molecule has 0 aliphatic carbocycles. The summed E-state index contributed by atoms with van der Waals surface area (Å²) in [6.07, 6.45) is 0. The van der Waals surface area contributed by atoms with E-state index in [9.17, 15) is 13.6 Å². The van der Waals surface area contributed by atoms with Crippen LogP contribution in [0.15, 0.2) is 78.9 Å². The molecule has 0 amide bonds. The summed E-state index contributed by atoms with van der Waals surface area (Å²) in [7, 11) is 0. The average molecular weight is 419 g/mol. The number of imidazole rings is 1. The Morgan fingerprint density at radius 2 is 1.70 bits per heavy atom. The first-order valence-corrected chi connectivity index (χ1v) is 9.56. The zero-order valence-corrected chi connectivity index (χ0v) is 16.2. The standard InChI is InChI=1S/C24H13ClF2N2O/c25-15-8-11-21-22(12-15)29(24(30)19-10-9-16(26)13-20(19)27)23(28-21)18-7-3-5-14-4-1-2-6-17(14)18/h1-13H. The van der Waals surface area contributed by atoms with E-state index in [4.69, 9.17) is 11.6 Å². The van der Waals surface area contributed by atoms with Gasteiger partial charge in [-0.25, -0.2) is 13.8 Å². The highest BCUT2D eigenvalue weighted by atomic mass is 35.5. The van der Waals surface area contributed by atoms with Crippen molar-refractivity contribution in [2.45, 2.75) is 0 Å². The summed E-state index contributed by atoms with van der Waals surface area (Å²) in [6.45, 7) is 0. The number of carbonyl (C=O) groups excluding carboxylic acids is 1. The maximum Gasteiger partial charge on any atom is 0.267 e. The van der Waals surface area contributed by atoms with Crippen LogP contribution in [0.1, 0.15) is 10.4 Å². The summed E-state index contributed by atoms with van der Waals surface area (Å²) < 4.78 is 29.2. The number of nitrogens with zero attached hydrogens (tertiary/aromatic N) is 2. The molecule has 146 valence electrons. The number of benzene rings is 4. The molecule has 0 fully saturated rings. The summed E-state index contributed by atoms with van der Waals surface area (Å²) in [5.41, 5.74) is 1.45. The molecule has 0 aliphatic heterocycles. The first-order valence-electron chi connectivity index (χ1n) is 9.19. The Bertz CT molecular complexity index is 1450. The molecule has 1 heterocycles. The van der Waals surface area contributed by atoms with Crippen LogP contribution in [0, 0.1) is 11.6 Å². The van der Waals surface area contributed by atoms with Gasteiger partial charge in [0.25, 0.3) is 5.91 Å². The van der Waals surface area contributed by atoms with Gasteiger partial charge in [0, 0.05) is 16.7 Å². The smallest absolute Gasteiger partial charge is 0.267 e. The van der Waals surface area contributed by atoms with Gasteiger partial charge in [0.05, 0.1) is 16.6 Å². The van der Waals surface area contributed by atoms with Crippen molar-refractivity contribution in [2.24, 2.45) is 0 Å². The molecule has 0 N–H and O–H groups in total. The number of carbonyl (C=O) groups is 1. The number of halogens is 3. The Morgan fingerprint density at radius 3 is 2.53 bits per heavy atom. The number of fused-ring (bicyclic) bond motifs is 2.